The molecule has 3 nitrogen and oxygen atoms in total. The van der Waals surface area contributed by atoms with Gasteiger partial charge in [-0.15, -0.1) is 0 Å². The number of hydrogen-bond acceptors (Lipinski definition) is 3. The first-order valence-corrected chi connectivity index (χ1v) is 6.83. The van der Waals surface area contributed by atoms with Crippen molar-refractivity contribution >= 4 is 16.6 Å². The lowest BCUT2D eigenvalue weighted by molar-refractivity contribution is 0.110. The third kappa shape index (κ3) is 2.12. The topological polar surface area (TPSA) is 34.2 Å². The molecule has 20 heavy (non-hydrogen) atoms. The molecule has 2 aromatic rings. The number of nitrogens with one attached hydrogen (secondary N) is 1. The molecular weight excluding hydrogens is 262 g/mol. The van der Waals surface area contributed by atoms with Crippen LogP contribution in [0, 0.1) is 11.6 Å². The number of hydrogen-bond donors (Lipinski definition) is 1. The summed E-state index contributed by atoms with van der Waals surface area (Å²) in [5.41, 5.74) is 2.68. The highest BCUT2D eigenvalue weighted by Gasteiger charge is 2.21. The number of benzene rings is 1. The molecule has 3 rings (SSSR count). The number of anilines is 1. The van der Waals surface area contributed by atoms with Gasteiger partial charge in [0.1, 0.15) is 5.52 Å². The summed E-state index contributed by atoms with van der Waals surface area (Å²) in [5, 5.41) is 3.92. The molecule has 1 aromatic heterocycles. The number of ether oxygens (including phenoxy) is 1. The van der Waals surface area contributed by atoms with Crippen molar-refractivity contribution in [2.75, 3.05) is 18.5 Å². The zero-order chi connectivity index (χ0) is 14.1. The van der Waals surface area contributed by atoms with Crippen molar-refractivity contribution in [3.63, 3.8) is 0 Å². The molecule has 106 valence electrons. The lowest BCUT2D eigenvalue weighted by Gasteiger charge is -2.22. The van der Waals surface area contributed by atoms with Crippen molar-refractivity contribution < 1.29 is 13.5 Å². The average molecular weight is 278 g/mol. The summed E-state index contributed by atoms with van der Waals surface area (Å²) in [6.45, 7) is 3.85. The Hall–Kier alpha value is -1.75. The highest BCUT2D eigenvalue weighted by molar-refractivity contribution is 5.94. The molecule has 0 unspecified atom stereocenters. The monoisotopic (exact) mass is 278 g/mol. The maximum atomic E-state index is 14.0. The van der Waals surface area contributed by atoms with Gasteiger partial charge in [-0.3, -0.25) is 0 Å². The van der Waals surface area contributed by atoms with Crippen molar-refractivity contribution in [2.45, 2.75) is 26.4 Å². The zero-order valence-electron chi connectivity index (χ0n) is 11.3. The van der Waals surface area contributed by atoms with Crippen LogP contribution in [-0.4, -0.2) is 18.1 Å². The van der Waals surface area contributed by atoms with E-state index in [4.69, 9.17) is 4.74 Å². The standard InChI is InChI=1S/C15H16F2N2O/c1-2-6-18-14-9-3-4-11(16)13(17)15(9)19-12-5-7-20-8-10(12)14/h3-4H,2,5-8H2,1H3,(H,18,19). The van der Waals surface area contributed by atoms with E-state index in [9.17, 15) is 8.78 Å². The summed E-state index contributed by atoms with van der Waals surface area (Å²) in [6, 6.07) is 2.72. The molecule has 0 spiro atoms. The summed E-state index contributed by atoms with van der Waals surface area (Å²) < 4.78 is 32.8. The van der Waals surface area contributed by atoms with Gasteiger partial charge < -0.3 is 10.1 Å². The van der Waals surface area contributed by atoms with Crippen LogP contribution in [0.2, 0.25) is 0 Å². The van der Waals surface area contributed by atoms with Crippen LogP contribution in [-0.2, 0) is 17.8 Å². The van der Waals surface area contributed by atoms with E-state index < -0.39 is 11.6 Å². The van der Waals surface area contributed by atoms with Gasteiger partial charge in [-0.05, 0) is 18.6 Å². The van der Waals surface area contributed by atoms with E-state index in [0.717, 1.165) is 36.0 Å². The minimum absolute atomic E-state index is 0.101. The van der Waals surface area contributed by atoms with Crippen molar-refractivity contribution in [3.8, 4) is 0 Å². The van der Waals surface area contributed by atoms with E-state index in [1.807, 2.05) is 0 Å². The molecule has 0 radical (unpaired) electrons. The first-order valence-electron chi connectivity index (χ1n) is 6.83. The Balaban J connectivity index is 2.27. The number of pyridine rings is 1. The second-order valence-electron chi connectivity index (χ2n) is 4.90. The fraction of sp³-hybridized carbons (Fsp3) is 0.400. The van der Waals surface area contributed by atoms with Crippen LogP contribution < -0.4 is 5.32 Å². The predicted molar refractivity (Wildman–Crippen MR) is 73.8 cm³/mol. The summed E-state index contributed by atoms with van der Waals surface area (Å²) >= 11 is 0. The number of nitrogens with zero attached hydrogens (tertiary/aromatic N) is 1. The molecule has 1 aromatic carbocycles. The molecule has 2 heterocycles. The predicted octanol–water partition coefficient (Wildman–Crippen LogP) is 3.41. The third-order valence-corrected chi connectivity index (χ3v) is 3.52. The van der Waals surface area contributed by atoms with E-state index in [-0.39, 0.29) is 5.52 Å². The number of rotatable bonds is 3. The second kappa shape index (κ2) is 5.32. The molecular formula is C15H16F2N2O. The lowest BCUT2D eigenvalue weighted by Crippen LogP contribution is -2.16. The Morgan fingerprint density at radius 3 is 3.00 bits per heavy atom. The molecule has 1 N–H and O–H groups in total. The molecule has 0 saturated carbocycles. The zero-order valence-corrected chi connectivity index (χ0v) is 11.3. The summed E-state index contributed by atoms with van der Waals surface area (Å²) in [4.78, 5) is 4.31. The SMILES string of the molecule is CCCNc1c2c(nc3c(F)c(F)ccc13)CCOC2. The fourth-order valence-corrected chi connectivity index (χ4v) is 2.52. The summed E-state index contributed by atoms with van der Waals surface area (Å²) in [6.07, 6.45) is 1.57. The molecule has 5 heteroatoms. The van der Waals surface area contributed by atoms with Gasteiger partial charge in [0, 0.05) is 23.9 Å². The Bertz CT molecular complexity index is 658. The third-order valence-electron chi connectivity index (χ3n) is 3.52. The van der Waals surface area contributed by atoms with E-state index >= 15 is 0 Å². The molecule has 0 aliphatic carbocycles. The summed E-state index contributed by atoms with van der Waals surface area (Å²) in [5.74, 6) is -1.74. The van der Waals surface area contributed by atoms with Crippen LogP contribution in [0.25, 0.3) is 10.9 Å². The van der Waals surface area contributed by atoms with Crippen molar-refractivity contribution in [1.29, 1.82) is 0 Å². The van der Waals surface area contributed by atoms with Gasteiger partial charge in [-0.25, -0.2) is 13.8 Å². The molecule has 1 aliphatic heterocycles. The smallest absolute Gasteiger partial charge is 0.185 e. The molecule has 0 bridgehead atoms. The van der Waals surface area contributed by atoms with Crippen LogP contribution >= 0.6 is 0 Å². The van der Waals surface area contributed by atoms with Crippen molar-refractivity contribution in [2.24, 2.45) is 0 Å². The summed E-state index contributed by atoms with van der Waals surface area (Å²) in [7, 11) is 0. The maximum absolute atomic E-state index is 14.0. The minimum Gasteiger partial charge on any atom is -0.384 e. The van der Waals surface area contributed by atoms with Gasteiger partial charge >= 0.3 is 0 Å². The van der Waals surface area contributed by atoms with Crippen LogP contribution in [0.3, 0.4) is 0 Å². The van der Waals surface area contributed by atoms with Gasteiger partial charge in [0.25, 0.3) is 0 Å². The quantitative estimate of drug-likeness (QED) is 0.934. The van der Waals surface area contributed by atoms with Crippen molar-refractivity contribution in [1.82, 2.24) is 4.98 Å². The average Bonchev–Trinajstić information content (AvgIpc) is 2.48. The van der Waals surface area contributed by atoms with Crippen LogP contribution in [0.5, 0.6) is 0 Å². The molecule has 0 amide bonds. The van der Waals surface area contributed by atoms with Crippen molar-refractivity contribution in [3.05, 3.63) is 35.0 Å². The number of aromatic nitrogens is 1. The molecule has 0 saturated heterocycles. The molecule has 1 aliphatic rings. The van der Waals surface area contributed by atoms with E-state index in [1.54, 1.807) is 6.07 Å². The second-order valence-corrected chi connectivity index (χ2v) is 4.90. The van der Waals surface area contributed by atoms with Gasteiger partial charge in [0.05, 0.1) is 24.6 Å². The van der Waals surface area contributed by atoms with E-state index in [0.29, 0.717) is 25.0 Å². The van der Waals surface area contributed by atoms with E-state index in [2.05, 4.69) is 17.2 Å². The first-order chi connectivity index (χ1) is 9.72. The van der Waals surface area contributed by atoms with Gasteiger partial charge in [-0.1, -0.05) is 6.92 Å². The Morgan fingerprint density at radius 2 is 2.20 bits per heavy atom. The normalized spacial score (nSPS) is 14.3. The maximum Gasteiger partial charge on any atom is 0.185 e. The van der Waals surface area contributed by atoms with Gasteiger partial charge in [-0.2, -0.15) is 0 Å². The number of fused-ring (bicyclic) bond motifs is 2. The van der Waals surface area contributed by atoms with Crippen LogP contribution in [0.4, 0.5) is 14.5 Å². The van der Waals surface area contributed by atoms with Gasteiger partial charge in [0.2, 0.25) is 0 Å². The highest BCUT2D eigenvalue weighted by Crippen LogP contribution is 2.33. The minimum atomic E-state index is -0.878. The lowest BCUT2D eigenvalue weighted by atomic mass is 10.0. The van der Waals surface area contributed by atoms with Crippen LogP contribution in [0.15, 0.2) is 12.1 Å². The van der Waals surface area contributed by atoms with Gasteiger partial charge in [0.15, 0.2) is 11.6 Å². The van der Waals surface area contributed by atoms with Crippen LogP contribution in [0.1, 0.15) is 24.6 Å². The largest absolute Gasteiger partial charge is 0.384 e. The number of halogens is 2. The Labute approximate surface area is 116 Å². The Morgan fingerprint density at radius 1 is 1.35 bits per heavy atom. The molecule has 0 fully saturated rings. The fourth-order valence-electron chi connectivity index (χ4n) is 2.52. The highest BCUT2D eigenvalue weighted by atomic mass is 19.2. The van der Waals surface area contributed by atoms with E-state index in [1.165, 1.54) is 0 Å². The first kappa shape index (κ1) is 13.2. The Kier molecular flexibility index (Phi) is 3.53. The molecule has 0 atom stereocenters.